The maximum absolute atomic E-state index is 4.77. The molecule has 5 heteroatoms. The van der Waals surface area contributed by atoms with Crippen LogP contribution in [-0.4, -0.2) is 34.0 Å². The Bertz CT molecular complexity index is 569. The molecule has 1 aliphatic rings. The Balaban J connectivity index is 1.91. The van der Waals surface area contributed by atoms with Crippen molar-refractivity contribution in [2.45, 2.75) is 33.1 Å². The maximum Gasteiger partial charge on any atom is 0.180 e. The third kappa shape index (κ3) is 2.44. The van der Waals surface area contributed by atoms with Crippen molar-refractivity contribution in [3.63, 3.8) is 0 Å². The largest absolute Gasteiger partial charge is 0.369 e. The molecule has 3 heterocycles. The van der Waals surface area contributed by atoms with Gasteiger partial charge in [0.2, 0.25) is 0 Å². The van der Waals surface area contributed by atoms with Crippen LogP contribution >= 0.6 is 0 Å². The number of anilines is 2. The molecule has 0 radical (unpaired) electrons. The van der Waals surface area contributed by atoms with E-state index in [4.69, 9.17) is 4.98 Å². The van der Waals surface area contributed by atoms with E-state index >= 15 is 0 Å². The number of nitrogens with one attached hydrogen (secondary N) is 1. The van der Waals surface area contributed by atoms with Crippen LogP contribution in [0.5, 0.6) is 0 Å². The van der Waals surface area contributed by atoms with Gasteiger partial charge in [-0.1, -0.05) is 13.3 Å². The first-order valence-electron chi connectivity index (χ1n) is 7.64. The first-order chi connectivity index (χ1) is 9.81. The molecule has 5 nitrogen and oxygen atoms in total. The zero-order valence-corrected chi connectivity index (χ0v) is 12.3. The van der Waals surface area contributed by atoms with Gasteiger partial charge >= 0.3 is 0 Å². The molecule has 0 bridgehead atoms. The third-order valence-electron chi connectivity index (χ3n) is 4.21. The molecule has 0 atom stereocenters. The summed E-state index contributed by atoms with van der Waals surface area (Å²) in [6, 6.07) is 0. The molecule has 0 saturated carbocycles. The summed E-state index contributed by atoms with van der Waals surface area (Å²) in [6.07, 6.45) is 9.65. The summed E-state index contributed by atoms with van der Waals surface area (Å²) >= 11 is 0. The van der Waals surface area contributed by atoms with Crippen LogP contribution in [0.1, 0.15) is 33.1 Å². The van der Waals surface area contributed by atoms with E-state index in [1.807, 2.05) is 18.6 Å². The molecule has 0 unspecified atom stereocenters. The van der Waals surface area contributed by atoms with E-state index in [9.17, 15) is 0 Å². The summed E-state index contributed by atoms with van der Waals surface area (Å²) in [6.45, 7) is 7.43. The second-order valence-electron chi connectivity index (χ2n) is 5.48. The van der Waals surface area contributed by atoms with Crippen molar-refractivity contribution in [2.24, 2.45) is 5.92 Å². The second kappa shape index (κ2) is 5.69. The molecule has 0 aliphatic carbocycles. The number of aromatic nitrogens is 3. The van der Waals surface area contributed by atoms with Crippen molar-refractivity contribution in [1.82, 2.24) is 14.4 Å². The lowest BCUT2D eigenvalue weighted by molar-refractivity contribution is 0.394. The zero-order chi connectivity index (χ0) is 13.9. The van der Waals surface area contributed by atoms with Gasteiger partial charge in [-0.3, -0.25) is 0 Å². The number of piperidine rings is 1. The van der Waals surface area contributed by atoms with E-state index in [0.717, 1.165) is 42.8 Å². The van der Waals surface area contributed by atoms with Crippen molar-refractivity contribution < 1.29 is 0 Å². The average Bonchev–Trinajstić information content (AvgIpc) is 2.95. The zero-order valence-electron chi connectivity index (χ0n) is 12.3. The summed E-state index contributed by atoms with van der Waals surface area (Å²) < 4.78 is 2.06. The van der Waals surface area contributed by atoms with Crippen molar-refractivity contribution in [3.8, 4) is 0 Å². The Morgan fingerprint density at radius 1 is 1.30 bits per heavy atom. The molecule has 0 amide bonds. The highest BCUT2D eigenvalue weighted by Crippen LogP contribution is 2.27. The lowest BCUT2D eigenvalue weighted by Gasteiger charge is -2.32. The lowest BCUT2D eigenvalue weighted by atomic mass is 9.94. The van der Waals surface area contributed by atoms with Crippen LogP contribution in [0.2, 0.25) is 0 Å². The van der Waals surface area contributed by atoms with Gasteiger partial charge in [-0.15, -0.1) is 0 Å². The smallest absolute Gasteiger partial charge is 0.180 e. The summed E-state index contributed by atoms with van der Waals surface area (Å²) in [7, 11) is 0. The SMILES string of the molecule is CCNc1cn2ccnc2c(N2CCC(CC)CC2)n1. The van der Waals surface area contributed by atoms with Crippen LogP contribution in [-0.2, 0) is 0 Å². The Morgan fingerprint density at radius 2 is 2.10 bits per heavy atom. The Hall–Kier alpha value is -1.78. The van der Waals surface area contributed by atoms with Crippen molar-refractivity contribution in [2.75, 3.05) is 29.9 Å². The van der Waals surface area contributed by atoms with E-state index in [1.54, 1.807) is 0 Å². The lowest BCUT2D eigenvalue weighted by Crippen LogP contribution is -2.34. The van der Waals surface area contributed by atoms with E-state index in [1.165, 1.54) is 19.3 Å². The van der Waals surface area contributed by atoms with Gasteiger partial charge in [-0.05, 0) is 25.7 Å². The molecule has 0 spiro atoms. The minimum absolute atomic E-state index is 0.874. The summed E-state index contributed by atoms with van der Waals surface area (Å²) in [5.74, 6) is 2.81. The van der Waals surface area contributed by atoms with E-state index < -0.39 is 0 Å². The molecule has 1 saturated heterocycles. The quantitative estimate of drug-likeness (QED) is 0.930. The van der Waals surface area contributed by atoms with Crippen LogP contribution in [0.4, 0.5) is 11.6 Å². The molecule has 2 aromatic heterocycles. The fourth-order valence-electron chi connectivity index (χ4n) is 2.95. The van der Waals surface area contributed by atoms with Crippen molar-refractivity contribution >= 4 is 17.3 Å². The van der Waals surface area contributed by atoms with E-state index in [0.29, 0.717) is 0 Å². The van der Waals surface area contributed by atoms with Gasteiger partial charge in [0.25, 0.3) is 0 Å². The van der Waals surface area contributed by atoms with Crippen LogP contribution in [0.3, 0.4) is 0 Å². The minimum atomic E-state index is 0.874. The standard InChI is InChI=1S/C15H23N5/c1-3-12-5-8-19(9-6-12)15-14-17-7-10-20(14)11-13(18-15)16-4-2/h7,10-12,16H,3-6,8-9H2,1-2H3. The van der Waals surface area contributed by atoms with Gasteiger partial charge in [0.15, 0.2) is 11.5 Å². The van der Waals surface area contributed by atoms with Gasteiger partial charge in [0.1, 0.15) is 5.82 Å². The molecule has 20 heavy (non-hydrogen) atoms. The topological polar surface area (TPSA) is 45.5 Å². The molecular weight excluding hydrogens is 250 g/mol. The molecule has 1 aliphatic heterocycles. The number of hydrogen-bond acceptors (Lipinski definition) is 4. The Morgan fingerprint density at radius 3 is 2.80 bits per heavy atom. The average molecular weight is 273 g/mol. The first-order valence-corrected chi connectivity index (χ1v) is 7.64. The molecule has 0 aromatic carbocycles. The minimum Gasteiger partial charge on any atom is -0.369 e. The van der Waals surface area contributed by atoms with Crippen molar-refractivity contribution in [3.05, 3.63) is 18.6 Å². The molecule has 3 rings (SSSR count). The second-order valence-corrected chi connectivity index (χ2v) is 5.48. The number of nitrogens with zero attached hydrogens (tertiary/aromatic N) is 4. The molecule has 2 aromatic rings. The molecule has 108 valence electrons. The summed E-state index contributed by atoms with van der Waals surface area (Å²) in [5, 5.41) is 3.30. The van der Waals surface area contributed by atoms with E-state index in [-0.39, 0.29) is 0 Å². The third-order valence-corrected chi connectivity index (χ3v) is 4.21. The summed E-state index contributed by atoms with van der Waals surface area (Å²) in [4.78, 5) is 11.6. The van der Waals surface area contributed by atoms with Crippen LogP contribution in [0.15, 0.2) is 18.6 Å². The summed E-state index contributed by atoms with van der Waals surface area (Å²) in [5.41, 5.74) is 0.960. The predicted molar refractivity (Wildman–Crippen MR) is 82.4 cm³/mol. The van der Waals surface area contributed by atoms with Crippen molar-refractivity contribution in [1.29, 1.82) is 0 Å². The van der Waals surface area contributed by atoms with Gasteiger partial charge in [-0.2, -0.15) is 0 Å². The highest BCUT2D eigenvalue weighted by Gasteiger charge is 2.21. The first kappa shape index (κ1) is 13.2. The van der Waals surface area contributed by atoms with Crippen LogP contribution < -0.4 is 10.2 Å². The highest BCUT2D eigenvalue weighted by molar-refractivity contribution is 5.67. The Labute approximate surface area is 120 Å². The highest BCUT2D eigenvalue weighted by atomic mass is 15.2. The van der Waals surface area contributed by atoms with E-state index in [2.05, 4.69) is 33.4 Å². The molecule has 1 fully saturated rings. The predicted octanol–water partition coefficient (Wildman–Crippen LogP) is 2.79. The molecular formula is C15H23N5. The van der Waals surface area contributed by atoms with Gasteiger partial charge < -0.3 is 14.6 Å². The van der Waals surface area contributed by atoms with Gasteiger partial charge in [-0.25, -0.2) is 9.97 Å². The van der Waals surface area contributed by atoms with Gasteiger partial charge in [0.05, 0.1) is 6.20 Å². The fourth-order valence-corrected chi connectivity index (χ4v) is 2.95. The fraction of sp³-hybridized carbons (Fsp3) is 0.600. The van der Waals surface area contributed by atoms with Crippen LogP contribution in [0, 0.1) is 5.92 Å². The number of hydrogen-bond donors (Lipinski definition) is 1. The molecule has 1 N–H and O–H groups in total. The van der Waals surface area contributed by atoms with Gasteiger partial charge in [0, 0.05) is 32.0 Å². The number of rotatable bonds is 4. The normalized spacial score (nSPS) is 16.8. The van der Waals surface area contributed by atoms with Crippen LogP contribution in [0.25, 0.3) is 5.65 Å². The monoisotopic (exact) mass is 273 g/mol. The number of fused-ring (bicyclic) bond motifs is 1. The number of imidazole rings is 1. The maximum atomic E-state index is 4.77. The Kier molecular flexibility index (Phi) is 3.76.